The SMILES string of the molecule is c1ccc2c(c1)CCCN2c1c2ccccc2c(N2CCCc3ccccc32)c2cnccc12. The van der Waals surface area contributed by atoms with Gasteiger partial charge in [-0.3, -0.25) is 4.98 Å². The van der Waals surface area contributed by atoms with E-state index in [0.29, 0.717) is 0 Å². The van der Waals surface area contributed by atoms with E-state index in [1.165, 1.54) is 61.8 Å². The second-order valence-corrected chi connectivity index (χ2v) is 9.43. The van der Waals surface area contributed by atoms with Gasteiger partial charge in [0.2, 0.25) is 0 Å². The Morgan fingerprint density at radius 1 is 0.529 bits per heavy atom. The Morgan fingerprint density at radius 2 is 1.03 bits per heavy atom. The highest BCUT2D eigenvalue weighted by Gasteiger charge is 2.27. The number of hydrogen-bond donors (Lipinski definition) is 0. The molecule has 0 saturated heterocycles. The maximum Gasteiger partial charge on any atom is 0.0587 e. The molecule has 0 unspecified atom stereocenters. The normalized spacial score (nSPS) is 15.4. The molecule has 0 amide bonds. The molecule has 0 aliphatic carbocycles. The van der Waals surface area contributed by atoms with Crippen molar-refractivity contribution in [1.82, 2.24) is 4.98 Å². The van der Waals surface area contributed by atoms with Crippen molar-refractivity contribution in [3.05, 3.63) is 102 Å². The van der Waals surface area contributed by atoms with Gasteiger partial charge in [-0.2, -0.15) is 0 Å². The summed E-state index contributed by atoms with van der Waals surface area (Å²) < 4.78 is 0. The highest BCUT2D eigenvalue weighted by Crippen LogP contribution is 2.48. The van der Waals surface area contributed by atoms with Gasteiger partial charge < -0.3 is 9.80 Å². The molecule has 0 spiro atoms. The second kappa shape index (κ2) is 7.88. The van der Waals surface area contributed by atoms with E-state index in [9.17, 15) is 0 Å². The quantitative estimate of drug-likeness (QED) is 0.264. The lowest BCUT2D eigenvalue weighted by Crippen LogP contribution is -2.27. The molecule has 0 radical (unpaired) electrons. The van der Waals surface area contributed by atoms with Crippen molar-refractivity contribution >= 4 is 44.3 Å². The first-order valence-corrected chi connectivity index (χ1v) is 12.4. The number of aromatic nitrogens is 1. The van der Waals surface area contributed by atoms with Crippen molar-refractivity contribution in [1.29, 1.82) is 0 Å². The van der Waals surface area contributed by atoms with Crippen LogP contribution in [-0.2, 0) is 12.8 Å². The zero-order valence-electron chi connectivity index (χ0n) is 19.2. The van der Waals surface area contributed by atoms with Gasteiger partial charge in [-0.05, 0) is 55.0 Å². The standard InChI is InChI=1S/C31H27N3/c1-5-15-28-22(9-1)11-7-19-33(28)30-24-13-3-4-14-25(24)31(27-21-32-18-17-26(27)30)34-20-8-12-23-10-2-6-16-29(23)34/h1-6,9-10,13-18,21H,7-8,11-12,19-20H2. The first kappa shape index (κ1) is 19.6. The summed E-state index contributed by atoms with van der Waals surface area (Å²) in [5, 5.41) is 5.13. The van der Waals surface area contributed by atoms with E-state index >= 15 is 0 Å². The highest BCUT2D eigenvalue weighted by atomic mass is 15.2. The number of anilines is 4. The fraction of sp³-hybridized carbons (Fsp3) is 0.194. The van der Waals surface area contributed by atoms with Crippen LogP contribution >= 0.6 is 0 Å². The van der Waals surface area contributed by atoms with Crippen LogP contribution in [0, 0.1) is 0 Å². The average Bonchev–Trinajstić information content (AvgIpc) is 2.91. The van der Waals surface area contributed by atoms with Crippen LogP contribution in [0.5, 0.6) is 0 Å². The number of benzene rings is 4. The highest BCUT2D eigenvalue weighted by molar-refractivity contribution is 6.21. The number of para-hydroxylation sites is 2. The first-order chi connectivity index (χ1) is 16.9. The van der Waals surface area contributed by atoms with Gasteiger partial charge >= 0.3 is 0 Å². The Labute approximate surface area is 200 Å². The van der Waals surface area contributed by atoms with Crippen molar-refractivity contribution in [2.45, 2.75) is 25.7 Å². The summed E-state index contributed by atoms with van der Waals surface area (Å²) in [6.45, 7) is 2.06. The summed E-state index contributed by atoms with van der Waals surface area (Å²) in [6, 6.07) is 29.0. The number of aryl methyl sites for hydroxylation is 2. The van der Waals surface area contributed by atoms with Crippen molar-refractivity contribution in [2.75, 3.05) is 22.9 Å². The molecule has 4 aromatic carbocycles. The van der Waals surface area contributed by atoms with Crippen LogP contribution in [0.4, 0.5) is 22.7 Å². The maximum absolute atomic E-state index is 4.62. The van der Waals surface area contributed by atoms with E-state index in [0.717, 1.165) is 32.4 Å². The van der Waals surface area contributed by atoms with E-state index < -0.39 is 0 Å². The van der Waals surface area contributed by atoms with Crippen LogP contribution in [-0.4, -0.2) is 18.1 Å². The lowest BCUT2D eigenvalue weighted by molar-refractivity contribution is 0.768. The predicted octanol–water partition coefficient (Wildman–Crippen LogP) is 7.56. The van der Waals surface area contributed by atoms with Gasteiger partial charge in [0, 0.05) is 58.4 Å². The zero-order chi connectivity index (χ0) is 22.5. The van der Waals surface area contributed by atoms with Gasteiger partial charge in [0.1, 0.15) is 0 Å². The van der Waals surface area contributed by atoms with Crippen LogP contribution in [0.15, 0.2) is 91.3 Å². The van der Waals surface area contributed by atoms with Crippen LogP contribution < -0.4 is 9.80 Å². The largest absolute Gasteiger partial charge is 0.340 e. The lowest BCUT2D eigenvalue weighted by Gasteiger charge is -2.36. The fourth-order valence-electron chi connectivity index (χ4n) is 6.09. The number of fused-ring (bicyclic) bond motifs is 4. The van der Waals surface area contributed by atoms with Crippen molar-refractivity contribution in [3.63, 3.8) is 0 Å². The molecule has 5 aromatic rings. The number of hydrogen-bond acceptors (Lipinski definition) is 3. The minimum Gasteiger partial charge on any atom is -0.340 e. The van der Waals surface area contributed by atoms with Gasteiger partial charge in [0.15, 0.2) is 0 Å². The molecule has 166 valence electrons. The van der Waals surface area contributed by atoms with Crippen LogP contribution in [0.25, 0.3) is 21.5 Å². The molecule has 0 fully saturated rings. The Balaban J connectivity index is 1.56. The zero-order valence-corrected chi connectivity index (χ0v) is 19.2. The van der Waals surface area contributed by atoms with Gasteiger partial charge in [-0.25, -0.2) is 0 Å². The van der Waals surface area contributed by atoms with Crippen LogP contribution in [0.1, 0.15) is 24.0 Å². The van der Waals surface area contributed by atoms with E-state index in [1.54, 1.807) is 0 Å². The molecule has 34 heavy (non-hydrogen) atoms. The molecule has 1 aromatic heterocycles. The van der Waals surface area contributed by atoms with Gasteiger partial charge in [0.25, 0.3) is 0 Å². The molecule has 2 aliphatic rings. The first-order valence-electron chi connectivity index (χ1n) is 12.4. The van der Waals surface area contributed by atoms with E-state index in [4.69, 9.17) is 0 Å². The molecule has 3 nitrogen and oxygen atoms in total. The minimum atomic E-state index is 1.02. The Morgan fingerprint density at radius 3 is 1.65 bits per heavy atom. The summed E-state index contributed by atoms with van der Waals surface area (Å²) >= 11 is 0. The fourth-order valence-corrected chi connectivity index (χ4v) is 6.09. The molecule has 7 rings (SSSR count). The van der Waals surface area contributed by atoms with Crippen molar-refractivity contribution < 1.29 is 0 Å². The predicted molar refractivity (Wildman–Crippen MR) is 143 cm³/mol. The van der Waals surface area contributed by atoms with Crippen molar-refractivity contribution in [2.24, 2.45) is 0 Å². The van der Waals surface area contributed by atoms with Gasteiger partial charge in [0.05, 0.1) is 11.4 Å². The third-order valence-corrected chi connectivity index (χ3v) is 7.53. The molecule has 0 saturated carbocycles. The third kappa shape index (κ3) is 2.93. The summed E-state index contributed by atoms with van der Waals surface area (Å²) in [4.78, 5) is 9.71. The average molecular weight is 442 g/mol. The molecule has 3 heterocycles. The molecule has 3 heteroatoms. The number of nitrogens with zero attached hydrogens (tertiary/aromatic N) is 3. The van der Waals surface area contributed by atoms with Gasteiger partial charge in [-0.1, -0.05) is 60.7 Å². The van der Waals surface area contributed by atoms with Crippen LogP contribution in [0.3, 0.4) is 0 Å². The maximum atomic E-state index is 4.62. The summed E-state index contributed by atoms with van der Waals surface area (Å²) in [7, 11) is 0. The number of rotatable bonds is 2. The molecular weight excluding hydrogens is 414 g/mol. The Bertz CT molecular complexity index is 1360. The topological polar surface area (TPSA) is 19.4 Å². The molecule has 2 aliphatic heterocycles. The smallest absolute Gasteiger partial charge is 0.0587 e. The summed E-state index contributed by atoms with van der Waals surface area (Å²) in [6.07, 6.45) is 8.64. The van der Waals surface area contributed by atoms with E-state index in [1.807, 2.05) is 6.20 Å². The molecular formula is C31H27N3. The third-order valence-electron chi connectivity index (χ3n) is 7.53. The van der Waals surface area contributed by atoms with Crippen molar-refractivity contribution in [3.8, 4) is 0 Å². The minimum absolute atomic E-state index is 1.02. The van der Waals surface area contributed by atoms with Crippen LogP contribution in [0.2, 0.25) is 0 Å². The summed E-state index contributed by atoms with van der Waals surface area (Å²) in [5.74, 6) is 0. The lowest BCUT2D eigenvalue weighted by atomic mass is 9.93. The second-order valence-electron chi connectivity index (χ2n) is 9.43. The summed E-state index contributed by atoms with van der Waals surface area (Å²) in [5.41, 5.74) is 8.15. The molecule has 0 atom stereocenters. The molecule has 0 bridgehead atoms. The monoisotopic (exact) mass is 441 g/mol. The van der Waals surface area contributed by atoms with E-state index in [2.05, 4.69) is 99.8 Å². The Kier molecular flexibility index (Phi) is 4.54. The number of pyridine rings is 1. The van der Waals surface area contributed by atoms with E-state index in [-0.39, 0.29) is 0 Å². The molecule has 0 N–H and O–H groups in total. The Hall–Kier alpha value is -3.85. The van der Waals surface area contributed by atoms with Gasteiger partial charge in [-0.15, -0.1) is 0 Å².